The van der Waals surface area contributed by atoms with E-state index in [2.05, 4.69) is 53.1 Å². The van der Waals surface area contributed by atoms with Crippen LogP contribution >= 0.6 is 0 Å². The van der Waals surface area contributed by atoms with E-state index in [1.54, 1.807) is 6.26 Å². The summed E-state index contributed by atoms with van der Waals surface area (Å²) in [5.41, 5.74) is 1.42. The number of rotatable bonds is 6. The Morgan fingerprint density at radius 2 is 1.86 bits per heavy atom. The molecule has 1 aliphatic heterocycles. The van der Waals surface area contributed by atoms with Crippen molar-refractivity contribution in [2.45, 2.75) is 38.9 Å². The maximum absolute atomic E-state index is 5.46. The maximum Gasteiger partial charge on any atom is 0.117 e. The number of benzene rings is 1. The number of nitrogens with zero attached hydrogens (tertiary/aromatic N) is 2. The highest BCUT2D eigenvalue weighted by atomic mass is 16.3. The summed E-state index contributed by atoms with van der Waals surface area (Å²) >= 11 is 0. The fourth-order valence-corrected chi connectivity index (χ4v) is 3.38. The molecule has 0 amide bonds. The lowest BCUT2D eigenvalue weighted by molar-refractivity contribution is 0.0994. The Kier molecular flexibility index (Phi) is 5.30. The first kappa shape index (κ1) is 15.3. The zero-order valence-electron chi connectivity index (χ0n) is 13.4. The fraction of sp³-hybridized carbons (Fsp3) is 0.474. The Hall–Kier alpha value is -1.58. The summed E-state index contributed by atoms with van der Waals surface area (Å²) in [5, 5.41) is 0. The van der Waals surface area contributed by atoms with E-state index in [9.17, 15) is 0 Å². The van der Waals surface area contributed by atoms with Crippen molar-refractivity contribution in [3.8, 4) is 0 Å². The van der Waals surface area contributed by atoms with E-state index >= 15 is 0 Å². The number of piperidine rings is 1. The summed E-state index contributed by atoms with van der Waals surface area (Å²) in [7, 11) is 0. The molecule has 0 radical (unpaired) electrons. The Morgan fingerprint density at radius 3 is 2.50 bits per heavy atom. The molecule has 0 saturated carbocycles. The van der Waals surface area contributed by atoms with Crippen LogP contribution < -0.4 is 0 Å². The zero-order chi connectivity index (χ0) is 15.2. The summed E-state index contributed by atoms with van der Waals surface area (Å²) in [6.07, 6.45) is 4.27. The zero-order valence-corrected chi connectivity index (χ0v) is 13.4. The van der Waals surface area contributed by atoms with Crippen LogP contribution in [-0.2, 0) is 13.1 Å². The van der Waals surface area contributed by atoms with Gasteiger partial charge in [-0.05, 0) is 37.1 Å². The van der Waals surface area contributed by atoms with Gasteiger partial charge in [-0.3, -0.25) is 9.80 Å². The third-order valence-corrected chi connectivity index (χ3v) is 4.67. The van der Waals surface area contributed by atoms with Gasteiger partial charge in [0.1, 0.15) is 5.76 Å². The molecule has 1 aromatic heterocycles. The number of hydrogen-bond acceptors (Lipinski definition) is 3. The molecule has 0 atom stereocenters. The highest BCUT2D eigenvalue weighted by molar-refractivity contribution is 5.14. The molecule has 22 heavy (non-hydrogen) atoms. The molecule has 2 heterocycles. The second kappa shape index (κ2) is 7.61. The van der Waals surface area contributed by atoms with Crippen molar-refractivity contribution in [3.05, 3.63) is 60.1 Å². The van der Waals surface area contributed by atoms with Crippen LogP contribution in [0.25, 0.3) is 0 Å². The molecular weight excluding hydrogens is 272 g/mol. The lowest BCUT2D eigenvalue weighted by Gasteiger charge is -2.38. The van der Waals surface area contributed by atoms with E-state index in [-0.39, 0.29) is 0 Å². The monoisotopic (exact) mass is 298 g/mol. The summed E-state index contributed by atoms with van der Waals surface area (Å²) in [4.78, 5) is 5.13. The molecule has 0 unspecified atom stereocenters. The van der Waals surface area contributed by atoms with Crippen LogP contribution in [0.2, 0.25) is 0 Å². The molecule has 1 aromatic carbocycles. The van der Waals surface area contributed by atoms with Crippen LogP contribution in [0.4, 0.5) is 0 Å². The Balaban J connectivity index is 1.50. The standard InChI is InChI=1S/C19H26N2O/c1-2-21(15-17-7-4-3-5-8-17)18-10-12-20(13-11-18)16-19-9-6-14-22-19/h3-9,14,18H,2,10-13,15-16H2,1H3. The highest BCUT2D eigenvalue weighted by Crippen LogP contribution is 2.20. The predicted molar refractivity (Wildman–Crippen MR) is 89.5 cm³/mol. The molecule has 0 aliphatic carbocycles. The van der Waals surface area contributed by atoms with Gasteiger partial charge in [-0.1, -0.05) is 37.3 Å². The van der Waals surface area contributed by atoms with Crippen molar-refractivity contribution in [1.82, 2.24) is 9.80 Å². The van der Waals surface area contributed by atoms with Crippen LogP contribution in [-0.4, -0.2) is 35.5 Å². The topological polar surface area (TPSA) is 19.6 Å². The third-order valence-electron chi connectivity index (χ3n) is 4.67. The van der Waals surface area contributed by atoms with Gasteiger partial charge >= 0.3 is 0 Å². The van der Waals surface area contributed by atoms with E-state index in [4.69, 9.17) is 4.42 Å². The van der Waals surface area contributed by atoms with Crippen molar-refractivity contribution in [2.75, 3.05) is 19.6 Å². The lowest BCUT2D eigenvalue weighted by atomic mass is 10.0. The molecule has 118 valence electrons. The lowest BCUT2D eigenvalue weighted by Crippen LogP contribution is -2.44. The van der Waals surface area contributed by atoms with Gasteiger partial charge in [0.2, 0.25) is 0 Å². The van der Waals surface area contributed by atoms with Crippen LogP contribution in [0, 0.1) is 0 Å². The molecule has 0 N–H and O–H groups in total. The molecule has 0 bridgehead atoms. The molecule has 2 aromatic rings. The minimum Gasteiger partial charge on any atom is -0.468 e. The quantitative estimate of drug-likeness (QED) is 0.809. The Labute approximate surface area is 133 Å². The molecule has 3 heteroatoms. The Bertz CT molecular complexity index is 530. The molecule has 1 saturated heterocycles. The van der Waals surface area contributed by atoms with Gasteiger partial charge in [-0.2, -0.15) is 0 Å². The molecule has 1 aliphatic rings. The predicted octanol–water partition coefficient (Wildman–Crippen LogP) is 3.77. The van der Waals surface area contributed by atoms with E-state index in [0.29, 0.717) is 6.04 Å². The highest BCUT2D eigenvalue weighted by Gasteiger charge is 2.24. The van der Waals surface area contributed by atoms with Crippen molar-refractivity contribution in [1.29, 1.82) is 0 Å². The molecule has 3 nitrogen and oxygen atoms in total. The number of hydrogen-bond donors (Lipinski definition) is 0. The van der Waals surface area contributed by atoms with Crippen LogP contribution in [0.5, 0.6) is 0 Å². The van der Waals surface area contributed by atoms with E-state index in [1.807, 2.05) is 6.07 Å². The first-order valence-electron chi connectivity index (χ1n) is 8.38. The molecule has 1 fully saturated rings. The molecule has 0 spiro atoms. The minimum absolute atomic E-state index is 0.707. The average Bonchev–Trinajstić information content (AvgIpc) is 3.07. The molecular formula is C19H26N2O. The van der Waals surface area contributed by atoms with E-state index in [0.717, 1.165) is 38.5 Å². The smallest absolute Gasteiger partial charge is 0.117 e. The first-order valence-corrected chi connectivity index (χ1v) is 8.38. The van der Waals surface area contributed by atoms with Crippen LogP contribution in [0.15, 0.2) is 53.1 Å². The number of furan rings is 1. The second-order valence-corrected chi connectivity index (χ2v) is 6.14. The fourth-order valence-electron chi connectivity index (χ4n) is 3.38. The number of likely N-dealkylation sites (tertiary alicyclic amines) is 1. The van der Waals surface area contributed by atoms with Crippen molar-refractivity contribution < 1.29 is 4.42 Å². The maximum atomic E-state index is 5.46. The van der Waals surface area contributed by atoms with Gasteiger partial charge in [0.05, 0.1) is 12.8 Å². The van der Waals surface area contributed by atoms with E-state index in [1.165, 1.54) is 18.4 Å². The van der Waals surface area contributed by atoms with Gasteiger partial charge in [0.25, 0.3) is 0 Å². The average molecular weight is 298 g/mol. The van der Waals surface area contributed by atoms with Crippen LogP contribution in [0.1, 0.15) is 31.1 Å². The SMILES string of the molecule is CCN(Cc1ccccc1)C1CCN(Cc2ccco2)CC1. The second-order valence-electron chi connectivity index (χ2n) is 6.14. The van der Waals surface area contributed by atoms with Crippen molar-refractivity contribution in [3.63, 3.8) is 0 Å². The van der Waals surface area contributed by atoms with Crippen LogP contribution in [0.3, 0.4) is 0 Å². The van der Waals surface area contributed by atoms with Gasteiger partial charge in [0.15, 0.2) is 0 Å². The van der Waals surface area contributed by atoms with Gasteiger partial charge in [0, 0.05) is 25.7 Å². The summed E-state index contributed by atoms with van der Waals surface area (Å²) in [6.45, 7) is 7.74. The minimum atomic E-state index is 0.707. The molecule has 3 rings (SSSR count). The summed E-state index contributed by atoms with van der Waals surface area (Å²) in [5.74, 6) is 1.08. The third kappa shape index (κ3) is 3.99. The largest absolute Gasteiger partial charge is 0.468 e. The van der Waals surface area contributed by atoms with E-state index < -0.39 is 0 Å². The normalized spacial score (nSPS) is 17.2. The van der Waals surface area contributed by atoms with Gasteiger partial charge in [-0.25, -0.2) is 0 Å². The first-order chi connectivity index (χ1) is 10.8. The van der Waals surface area contributed by atoms with Gasteiger partial charge in [-0.15, -0.1) is 0 Å². The van der Waals surface area contributed by atoms with Gasteiger partial charge < -0.3 is 4.42 Å². The van der Waals surface area contributed by atoms with Crippen molar-refractivity contribution >= 4 is 0 Å². The Morgan fingerprint density at radius 1 is 1.09 bits per heavy atom. The summed E-state index contributed by atoms with van der Waals surface area (Å²) < 4.78 is 5.46. The summed E-state index contributed by atoms with van der Waals surface area (Å²) in [6, 6.07) is 15.6. The van der Waals surface area contributed by atoms with Crippen molar-refractivity contribution in [2.24, 2.45) is 0 Å².